The number of hydrogen-bond donors (Lipinski definition) is 0. The number of benzene rings is 2. The van der Waals surface area contributed by atoms with E-state index in [0.29, 0.717) is 11.6 Å². The summed E-state index contributed by atoms with van der Waals surface area (Å²) in [5.74, 6) is 0.549. The Balaban J connectivity index is 1.79. The minimum atomic E-state index is -2.45. The minimum absolute atomic E-state index is 0.129. The van der Waals surface area contributed by atoms with Crippen molar-refractivity contribution in [1.29, 1.82) is 0 Å². The first-order chi connectivity index (χ1) is 14.4. The summed E-state index contributed by atoms with van der Waals surface area (Å²) in [6.07, 6.45) is 6.16. The highest BCUT2D eigenvalue weighted by atomic mass is 32.1. The zero-order valence-corrected chi connectivity index (χ0v) is 14.6. The Morgan fingerprint density at radius 3 is 2.88 bits per heavy atom. The fourth-order valence-electron chi connectivity index (χ4n) is 4.07. The van der Waals surface area contributed by atoms with Crippen LogP contribution < -0.4 is 0 Å². The van der Waals surface area contributed by atoms with Gasteiger partial charge in [-0.05, 0) is 48.8 Å². The summed E-state index contributed by atoms with van der Waals surface area (Å²) >= 11 is 1.68. The molecule has 2 heteroatoms. The lowest BCUT2D eigenvalue weighted by atomic mass is 9.91. The van der Waals surface area contributed by atoms with Crippen molar-refractivity contribution in [2.45, 2.75) is 38.5 Å². The molecule has 0 amide bonds. The number of aryl methyl sites for hydroxylation is 1. The van der Waals surface area contributed by atoms with Crippen LogP contribution in [0.4, 0.5) is 0 Å². The Hall–Kier alpha value is -2.19. The summed E-state index contributed by atoms with van der Waals surface area (Å²) in [6, 6.07) is 12.1. The van der Waals surface area contributed by atoms with Crippen LogP contribution in [-0.2, 0) is 0 Å². The van der Waals surface area contributed by atoms with Crippen LogP contribution in [-0.4, -0.2) is 4.98 Å². The maximum absolute atomic E-state index is 8.49. The molecule has 1 nitrogen and oxygen atoms in total. The van der Waals surface area contributed by atoms with Crippen molar-refractivity contribution >= 4 is 31.5 Å². The molecule has 1 aliphatic carbocycles. The number of thiophene rings is 1. The third kappa shape index (κ3) is 2.47. The van der Waals surface area contributed by atoms with E-state index in [1.54, 1.807) is 11.3 Å². The normalized spacial score (nSPS) is 18.8. The average Bonchev–Trinajstić information content (AvgIpc) is 3.36. The summed E-state index contributed by atoms with van der Waals surface area (Å²) in [6.45, 7) is -2.45. The number of rotatable bonds is 2. The maximum Gasteiger partial charge on any atom is 0.0716 e. The third-order valence-corrected chi connectivity index (χ3v) is 6.45. The van der Waals surface area contributed by atoms with E-state index in [1.165, 1.54) is 52.9 Å². The van der Waals surface area contributed by atoms with Crippen LogP contribution in [0.3, 0.4) is 0 Å². The Morgan fingerprint density at radius 2 is 2.00 bits per heavy atom. The predicted molar refractivity (Wildman–Crippen MR) is 109 cm³/mol. The van der Waals surface area contributed by atoms with E-state index in [9.17, 15) is 0 Å². The van der Waals surface area contributed by atoms with Crippen LogP contribution in [0, 0.1) is 6.85 Å². The Labute approximate surface area is 159 Å². The smallest absolute Gasteiger partial charge is 0.0716 e. The summed E-state index contributed by atoms with van der Waals surface area (Å²) in [4.78, 5) is 4.36. The molecule has 2 aromatic carbocycles. The van der Waals surface area contributed by atoms with Gasteiger partial charge < -0.3 is 0 Å². The van der Waals surface area contributed by atoms with Gasteiger partial charge in [-0.15, -0.1) is 11.3 Å². The number of nitrogens with zero attached hydrogens (tertiary/aromatic N) is 1. The molecule has 0 bridgehead atoms. The van der Waals surface area contributed by atoms with Crippen molar-refractivity contribution in [3.05, 3.63) is 65.8 Å². The lowest BCUT2D eigenvalue weighted by Gasteiger charge is -2.14. The van der Waals surface area contributed by atoms with Gasteiger partial charge in [0, 0.05) is 36.0 Å². The zero-order valence-electron chi connectivity index (χ0n) is 18.8. The standard InChI is InChI=1S/C23H21NS/c1-15-10-13-20(24-14-15)18-12-11-17(16-6-2-3-7-16)22-19-8-4-5-9-21(19)25-23(18)22/h4-5,8-14,16H,2-3,6-7H2,1H3/i1D3,10D,13D. The highest BCUT2D eigenvalue weighted by molar-refractivity contribution is 7.26. The van der Waals surface area contributed by atoms with Gasteiger partial charge >= 0.3 is 0 Å². The van der Waals surface area contributed by atoms with Gasteiger partial charge in [0.2, 0.25) is 0 Å². The van der Waals surface area contributed by atoms with Crippen molar-refractivity contribution in [1.82, 2.24) is 4.98 Å². The highest BCUT2D eigenvalue weighted by Gasteiger charge is 2.22. The molecule has 0 atom stereocenters. The van der Waals surface area contributed by atoms with Crippen LogP contribution >= 0.6 is 11.3 Å². The topological polar surface area (TPSA) is 12.9 Å². The zero-order chi connectivity index (χ0) is 21.0. The Bertz CT molecular complexity index is 1270. The molecule has 4 aromatic rings. The van der Waals surface area contributed by atoms with Crippen LogP contribution in [0.5, 0.6) is 0 Å². The molecular formula is C23H21NS. The molecule has 0 aliphatic heterocycles. The predicted octanol–water partition coefficient (Wildman–Crippen LogP) is 7.08. The lowest BCUT2D eigenvalue weighted by molar-refractivity contribution is 0.730. The van der Waals surface area contributed by atoms with Gasteiger partial charge in [-0.1, -0.05) is 49.2 Å². The Kier molecular flexibility index (Phi) is 2.56. The van der Waals surface area contributed by atoms with Gasteiger partial charge in [0.05, 0.1) is 8.44 Å². The molecule has 0 radical (unpaired) electrons. The largest absolute Gasteiger partial charge is 0.256 e. The van der Waals surface area contributed by atoms with Crippen molar-refractivity contribution in [3.8, 4) is 11.3 Å². The van der Waals surface area contributed by atoms with E-state index >= 15 is 0 Å². The lowest BCUT2D eigenvalue weighted by Crippen LogP contribution is -1.94. The molecular weight excluding hydrogens is 322 g/mol. The molecule has 1 aliphatic rings. The Morgan fingerprint density at radius 1 is 1.12 bits per heavy atom. The molecule has 0 unspecified atom stereocenters. The molecule has 0 spiro atoms. The first-order valence-electron chi connectivity index (χ1n) is 11.3. The van der Waals surface area contributed by atoms with Gasteiger partial charge in [-0.25, -0.2) is 0 Å². The maximum atomic E-state index is 8.49. The van der Waals surface area contributed by atoms with Crippen molar-refractivity contribution in [2.24, 2.45) is 0 Å². The fourth-order valence-corrected chi connectivity index (χ4v) is 5.33. The SMILES string of the molecule is [2H]c1c(C([2H])([2H])[2H])cnc(-c2ccc(C3CCCC3)c3c2sc2ccccc23)c1[2H]. The molecule has 25 heavy (non-hydrogen) atoms. The second-order valence-corrected chi connectivity index (χ2v) is 7.81. The number of aromatic nitrogens is 1. The van der Waals surface area contributed by atoms with Gasteiger partial charge in [0.15, 0.2) is 0 Å². The number of fused-ring (bicyclic) bond motifs is 3. The third-order valence-electron chi connectivity index (χ3n) is 5.25. The second kappa shape index (κ2) is 5.96. The van der Waals surface area contributed by atoms with Gasteiger partial charge in [0.1, 0.15) is 0 Å². The summed E-state index contributed by atoms with van der Waals surface area (Å²) in [5.41, 5.74) is 2.37. The van der Waals surface area contributed by atoms with Crippen molar-refractivity contribution in [2.75, 3.05) is 0 Å². The second-order valence-electron chi connectivity index (χ2n) is 6.76. The quantitative estimate of drug-likeness (QED) is 0.377. The van der Waals surface area contributed by atoms with Crippen molar-refractivity contribution in [3.63, 3.8) is 0 Å². The van der Waals surface area contributed by atoms with E-state index in [4.69, 9.17) is 6.85 Å². The van der Waals surface area contributed by atoms with E-state index in [2.05, 4.69) is 29.2 Å². The summed E-state index contributed by atoms with van der Waals surface area (Å²) < 4.78 is 41.8. The first-order valence-corrected chi connectivity index (χ1v) is 9.59. The molecule has 5 rings (SSSR count). The first kappa shape index (κ1) is 10.7. The highest BCUT2D eigenvalue weighted by Crippen LogP contribution is 2.46. The monoisotopic (exact) mass is 348 g/mol. The van der Waals surface area contributed by atoms with E-state index in [-0.39, 0.29) is 17.6 Å². The molecule has 0 saturated heterocycles. The van der Waals surface area contributed by atoms with Crippen LogP contribution in [0.25, 0.3) is 31.4 Å². The fraction of sp³-hybridized carbons (Fsp3) is 0.261. The summed E-state index contributed by atoms with van der Waals surface area (Å²) in [5, 5.41) is 2.45. The summed E-state index contributed by atoms with van der Waals surface area (Å²) in [7, 11) is 0. The van der Waals surface area contributed by atoms with Crippen molar-refractivity contribution < 1.29 is 6.85 Å². The molecule has 2 heterocycles. The number of hydrogen-bond acceptors (Lipinski definition) is 2. The van der Waals surface area contributed by atoms with Crippen LogP contribution in [0.15, 0.2) is 54.7 Å². The minimum Gasteiger partial charge on any atom is -0.256 e. The molecule has 124 valence electrons. The molecule has 1 fully saturated rings. The van der Waals surface area contributed by atoms with Gasteiger partial charge in [0.25, 0.3) is 0 Å². The van der Waals surface area contributed by atoms with Crippen LogP contribution in [0.2, 0.25) is 0 Å². The van der Waals surface area contributed by atoms with Gasteiger partial charge in [-0.3, -0.25) is 4.98 Å². The average molecular weight is 349 g/mol. The van der Waals surface area contributed by atoms with Crippen LogP contribution in [0.1, 0.15) is 49.6 Å². The molecule has 0 N–H and O–H groups in total. The molecule has 2 aromatic heterocycles. The van der Waals surface area contributed by atoms with E-state index in [1.807, 2.05) is 12.1 Å². The van der Waals surface area contributed by atoms with E-state index in [0.717, 1.165) is 10.3 Å². The van der Waals surface area contributed by atoms with E-state index < -0.39 is 6.85 Å². The molecule has 1 saturated carbocycles. The van der Waals surface area contributed by atoms with Gasteiger partial charge in [-0.2, -0.15) is 0 Å². The number of pyridine rings is 1.